The van der Waals surface area contributed by atoms with Crippen molar-refractivity contribution >= 4 is 0 Å². The van der Waals surface area contributed by atoms with Gasteiger partial charge >= 0.3 is 0 Å². The van der Waals surface area contributed by atoms with E-state index in [4.69, 9.17) is 14.2 Å². The fourth-order valence-electron chi connectivity index (χ4n) is 3.00. The van der Waals surface area contributed by atoms with Crippen molar-refractivity contribution in [2.45, 2.75) is 95.7 Å². The Morgan fingerprint density at radius 2 is 1.54 bits per heavy atom. The summed E-state index contributed by atoms with van der Waals surface area (Å²) in [6.45, 7) is 3.38. The van der Waals surface area contributed by atoms with Gasteiger partial charge in [-0.1, -0.05) is 32.6 Å². The summed E-state index contributed by atoms with van der Waals surface area (Å²) in [4.78, 5) is 0. The average molecular weight is 415 g/mol. The molecule has 4 nitrogen and oxygen atoms in total. The van der Waals surface area contributed by atoms with Crippen LogP contribution in [0.25, 0.3) is 0 Å². The first-order chi connectivity index (χ1) is 11.3. The van der Waals surface area contributed by atoms with Crippen LogP contribution >= 0.6 is 0 Å². The standard InChI is InChI=1S/C10H19O2.C9H15O2.Y/c1-2-9(11)8-12-10-6-4-3-5-7-10;1-2-4-8(5-3-1)11-9-6-7-10-9;/h3,9-11H,2,4-8H2,1H3;1,8-9H,2-7H2;/q2*-1;. The minimum Gasteiger partial charge on any atom is -0.391 e. The summed E-state index contributed by atoms with van der Waals surface area (Å²) >= 11 is 0. The predicted octanol–water partition coefficient (Wildman–Crippen LogP) is 3.81. The Labute approximate surface area is 173 Å². The van der Waals surface area contributed by atoms with Crippen LogP contribution in [-0.4, -0.2) is 42.9 Å². The van der Waals surface area contributed by atoms with Crippen molar-refractivity contribution in [3.8, 4) is 0 Å². The summed E-state index contributed by atoms with van der Waals surface area (Å²) in [5, 5.41) is 9.26. The van der Waals surface area contributed by atoms with Crippen LogP contribution < -0.4 is 0 Å². The zero-order valence-electron chi connectivity index (χ0n) is 15.2. The van der Waals surface area contributed by atoms with Gasteiger partial charge in [-0.05, 0) is 6.42 Å². The van der Waals surface area contributed by atoms with Gasteiger partial charge in [-0.2, -0.15) is 25.7 Å². The van der Waals surface area contributed by atoms with Crippen molar-refractivity contribution in [1.29, 1.82) is 0 Å². The second-order valence-corrected chi connectivity index (χ2v) is 6.75. The summed E-state index contributed by atoms with van der Waals surface area (Å²) in [6.07, 6.45) is 16.7. The molecule has 1 aliphatic heterocycles. The molecule has 139 valence electrons. The maximum absolute atomic E-state index is 9.26. The fourth-order valence-corrected chi connectivity index (χ4v) is 3.00. The van der Waals surface area contributed by atoms with Crippen molar-refractivity contribution in [3.63, 3.8) is 0 Å². The first-order valence-corrected chi connectivity index (χ1v) is 9.48. The van der Waals surface area contributed by atoms with E-state index >= 15 is 0 Å². The van der Waals surface area contributed by atoms with E-state index in [1.54, 1.807) is 0 Å². The molecule has 3 fully saturated rings. The summed E-state index contributed by atoms with van der Waals surface area (Å²) in [5.74, 6) is 0. The Hall–Kier alpha value is 0.944. The van der Waals surface area contributed by atoms with Gasteiger partial charge in [0.05, 0.1) is 31.5 Å². The van der Waals surface area contributed by atoms with Crippen molar-refractivity contribution in [2.24, 2.45) is 0 Å². The molecule has 0 aromatic carbocycles. The first kappa shape index (κ1) is 23.0. The molecule has 1 saturated heterocycles. The molecule has 3 rings (SSSR count). The number of aliphatic hydroxyl groups is 1. The van der Waals surface area contributed by atoms with Crippen LogP contribution in [0.5, 0.6) is 0 Å². The minimum absolute atomic E-state index is 0. The Morgan fingerprint density at radius 1 is 1.00 bits per heavy atom. The molecule has 2 aliphatic carbocycles. The molecule has 0 spiro atoms. The van der Waals surface area contributed by atoms with E-state index in [0.29, 0.717) is 18.8 Å². The van der Waals surface area contributed by atoms with Gasteiger partial charge in [-0.3, -0.25) is 0 Å². The fraction of sp³-hybridized carbons (Fsp3) is 0.895. The second-order valence-electron chi connectivity index (χ2n) is 6.75. The summed E-state index contributed by atoms with van der Waals surface area (Å²) in [7, 11) is 0. The van der Waals surface area contributed by atoms with Gasteiger partial charge in [0, 0.05) is 39.1 Å². The molecule has 1 radical (unpaired) electrons. The largest absolute Gasteiger partial charge is 0.391 e. The summed E-state index contributed by atoms with van der Waals surface area (Å²) in [6, 6.07) is 0. The van der Waals surface area contributed by atoms with Gasteiger partial charge in [-0.25, -0.2) is 0 Å². The van der Waals surface area contributed by atoms with Crippen molar-refractivity contribution in [2.75, 3.05) is 13.2 Å². The van der Waals surface area contributed by atoms with Crippen LogP contribution in [0.3, 0.4) is 0 Å². The smallest absolute Gasteiger partial charge is 0.160 e. The minimum atomic E-state index is -0.268. The third kappa shape index (κ3) is 9.59. The molecule has 0 bridgehead atoms. The van der Waals surface area contributed by atoms with Crippen LogP contribution in [0.2, 0.25) is 0 Å². The molecule has 24 heavy (non-hydrogen) atoms. The van der Waals surface area contributed by atoms with Crippen LogP contribution in [0.1, 0.15) is 71.1 Å². The molecule has 3 aliphatic rings. The third-order valence-electron chi connectivity index (χ3n) is 4.77. The molecule has 2 saturated carbocycles. The first-order valence-electron chi connectivity index (χ1n) is 9.48. The van der Waals surface area contributed by atoms with E-state index in [2.05, 4.69) is 12.8 Å². The molecular weight excluding hydrogens is 381 g/mol. The van der Waals surface area contributed by atoms with Gasteiger partial charge in [0.2, 0.25) is 0 Å². The van der Waals surface area contributed by atoms with Gasteiger partial charge in [0.1, 0.15) is 0 Å². The zero-order valence-corrected chi connectivity index (χ0v) is 18.0. The predicted molar refractivity (Wildman–Crippen MR) is 90.8 cm³/mol. The molecule has 0 amide bonds. The van der Waals surface area contributed by atoms with E-state index in [-0.39, 0.29) is 45.1 Å². The number of hydrogen-bond donors (Lipinski definition) is 1. The normalized spacial score (nSPS) is 26.5. The molecular formula is C19H34O4Y-2. The number of ether oxygens (including phenoxy) is 3. The molecule has 1 N–H and O–H groups in total. The van der Waals surface area contributed by atoms with E-state index in [1.807, 2.05) is 6.92 Å². The molecule has 5 heteroatoms. The number of aliphatic hydroxyl groups excluding tert-OH is 1. The second kappa shape index (κ2) is 14.1. The summed E-state index contributed by atoms with van der Waals surface area (Å²) < 4.78 is 16.5. The maximum Gasteiger partial charge on any atom is 0.160 e. The van der Waals surface area contributed by atoms with Gasteiger partial charge in [0.25, 0.3) is 0 Å². The zero-order chi connectivity index (χ0) is 16.3. The Kier molecular flexibility index (Phi) is 13.5. The monoisotopic (exact) mass is 415 g/mol. The van der Waals surface area contributed by atoms with Gasteiger partial charge in [-0.15, -0.1) is 0 Å². The van der Waals surface area contributed by atoms with Crippen LogP contribution in [0.4, 0.5) is 0 Å². The van der Waals surface area contributed by atoms with E-state index in [1.165, 1.54) is 38.5 Å². The average Bonchev–Trinajstić information content (AvgIpc) is 2.58. The molecule has 2 unspecified atom stereocenters. The Balaban J connectivity index is 0.000000231. The van der Waals surface area contributed by atoms with Crippen molar-refractivity contribution < 1.29 is 52.0 Å². The Morgan fingerprint density at radius 3 is 2.00 bits per heavy atom. The maximum atomic E-state index is 9.26. The SMILES string of the molecule is CCC(O)COC1CC[CH-]CC1.[CH-]1CCC(OC2CCO2)CC1.[Y]. The van der Waals surface area contributed by atoms with E-state index in [9.17, 15) is 5.11 Å². The molecule has 0 aromatic heterocycles. The number of rotatable bonds is 6. The quantitative estimate of drug-likeness (QED) is 0.671. The van der Waals surface area contributed by atoms with Gasteiger partial charge in [0.15, 0.2) is 6.29 Å². The topological polar surface area (TPSA) is 47.9 Å². The third-order valence-corrected chi connectivity index (χ3v) is 4.77. The van der Waals surface area contributed by atoms with Crippen molar-refractivity contribution in [1.82, 2.24) is 0 Å². The van der Waals surface area contributed by atoms with Crippen LogP contribution in [-0.2, 0) is 46.9 Å². The van der Waals surface area contributed by atoms with Gasteiger partial charge < -0.3 is 32.2 Å². The van der Waals surface area contributed by atoms with E-state index < -0.39 is 0 Å². The van der Waals surface area contributed by atoms with Crippen LogP contribution in [0.15, 0.2) is 0 Å². The summed E-state index contributed by atoms with van der Waals surface area (Å²) in [5.41, 5.74) is 0. The van der Waals surface area contributed by atoms with Crippen molar-refractivity contribution in [3.05, 3.63) is 12.8 Å². The molecule has 0 aromatic rings. The Bertz CT molecular complexity index is 287. The van der Waals surface area contributed by atoms with E-state index in [0.717, 1.165) is 32.3 Å². The number of hydrogen-bond acceptors (Lipinski definition) is 4. The molecule has 2 atom stereocenters. The molecule has 1 heterocycles. The van der Waals surface area contributed by atoms with Crippen LogP contribution in [0, 0.1) is 12.8 Å².